The van der Waals surface area contributed by atoms with Crippen LogP contribution in [0.15, 0.2) is 23.3 Å². The van der Waals surface area contributed by atoms with Crippen molar-refractivity contribution in [3.8, 4) is 5.69 Å². The minimum absolute atomic E-state index is 0.192. The molecule has 122 valence electrons. The highest BCUT2D eigenvalue weighted by atomic mass is 19.1. The lowest BCUT2D eigenvalue weighted by Crippen LogP contribution is -2.29. The van der Waals surface area contributed by atoms with Gasteiger partial charge in [0, 0.05) is 0 Å². The molecule has 1 aromatic heterocycles. The molecular formula is C16H18FN3O3. The first kappa shape index (κ1) is 16.7. The minimum atomic E-state index is -1.12. The van der Waals surface area contributed by atoms with Gasteiger partial charge in [-0.05, 0) is 37.5 Å². The van der Waals surface area contributed by atoms with Crippen LogP contribution in [0.2, 0.25) is 0 Å². The summed E-state index contributed by atoms with van der Waals surface area (Å²) in [7, 11) is 1.16. The van der Waals surface area contributed by atoms with Gasteiger partial charge in [0.1, 0.15) is 18.3 Å². The van der Waals surface area contributed by atoms with Gasteiger partial charge in [0.05, 0.1) is 12.8 Å². The molecule has 7 heteroatoms. The van der Waals surface area contributed by atoms with Gasteiger partial charge in [-0.25, -0.2) is 14.2 Å². The Labute approximate surface area is 132 Å². The summed E-state index contributed by atoms with van der Waals surface area (Å²) in [5, 5.41) is 0. The molecule has 2 rings (SSSR count). The molecular weight excluding hydrogens is 301 g/mol. The Morgan fingerprint density at radius 1 is 1.35 bits per heavy atom. The van der Waals surface area contributed by atoms with Crippen LogP contribution >= 0.6 is 0 Å². The molecule has 0 aliphatic rings. The second-order valence-electron chi connectivity index (χ2n) is 5.29. The molecule has 0 fully saturated rings. The standard InChI is InChI=1S/C16H18FN3O3/c1-8-5-11(10(3)17)6-9(2)13(8)20-7-19-14(18)12(15(20)21)16(22)23-4/h5-7,10H,18H2,1-4H3/t10-/m1/s1. The van der Waals surface area contributed by atoms with Crippen LogP contribution in [0, 0.1) is 13.8 Å². The van der Waals surface area contributed by atoms with Crippen LogP contribution in [0.5, 0.6) is 0 Å². The number of methoxy groups -OCH3 is 1. The summed E-state index contributed by atoms with van der Waals surface area (Å²) < 4.78 is 19.3. The molecule has 0 aliphatic carbocycles. The molecule has 2 N–H and O–H groups in total. The van der Waals surface area contributed by atoms with E-state index in [1.54, 1.807) is 26.0 Å². The highest BCUT2D eigenvalue weighted by molar-refractivity contribution is 5.93. The predicted octanol–water partition coefficient (Wildman–Crippen LogP) is 2.25. The Morgan fingerprint density at radius 2 is 1.91 bits per heavy atom. The van der Waals surface area contributed by atoms with Crippen LogP contribution in [-0.2, 0) is 4.74 Å². The number of aromatic nitrogens is 2. The minimum Gasteiger partial charge on any atom is -0.465 e. The summed E-state index contributed by atoms with van der Waals surface area (Å²) in [4.78, 5) is 28.2. The second-order valence-corrected chi connectivity index (χ2v) is 5.29. The van der Waals surface area contributed by atoms with Crippen LogP contribution < -0.4 is 11.3 Å². The van der Waals surface area contributed by atoms with Crippen LogP contribution in [0.1, 0.15) is 40.1 Å². The normalized spacial score (nSPS) is 12.0. The number of benzene rings is 1. The van der Waals surface area contributed by atoms with Gasteiger partial charge in [-0.15, -0.1) is 0 Å². The molecule has 0 bridgehead atoms. The SMILES string of the molecule is COC(=O)c1c(N)ncn(-c2c(C)cc([C@@H](C)F)cc2C)c1=O. The number of hydrogen-bond acceptors (Lipinski definition) is 5. The fraction of sp³-hybridized carbons (Fsp3) is 0.312. The molecule has 0 unspecified atom stereocenters. The van der Waals surface area contributed by atoms with E-state index in [2.05, 4.69) is 9.72 Å². The van der Waals surface area contributed by atoms with Gasteiger partial charge in [0.2, 0.25) is 0 Å². The fourth-order valence-corrected chi connectivity index (χ4v) is 2.52. The van der Waals surface area contributed by atoms with Crippen LogP contribution in [0.3, 0.4) is 0 Å². The molecule has 23 heavy (non-hydrogen) atoms. The molecule has 0 radical (unpaired) electrons. The molecule has 0 amide bonds. The molecule has 0 aliphatic heterocycles. The number of carbonyl (C=O) groups is 1. The molecule has 2 aromatic rings. The zero-order valence-corrected chi connectivity index (χ0v) is 13.4. The molecule has 1 heterocycles. The Balaban J connectivity index is 2.74. The Hall–Kier alpha value is -2.70. The summed E-state index contributed by atoms with van der Waals surface area (Å²) >= 11 is 0. The predicted molar refractivity (Wildman–Crippen MR) is 84.6 cm³/mol. The van der Waals surface area contributed by atoms with Crippen LogP contribution in [0.25, 0.3) is 5.69 Å². The average molecular weight is 319 g/mol. The molecule has 1 atom stereocenters. The van der Waals surface area contributed by atoms with Crippen molar-refractivity contribution in [2.75, 3.05) is 12.8 Å². The monoisotopic (exact) mass is 319 g/mol. The van der Waals surface area contributed by atoms with E-state index in [0.717, 1.165) is 7.11 Å². The quantitative estimate of drug-likeness (QED) is 0.877. The van der Waals surface area contributed by atoms with E-state index in [-0.39, 0.29) is 11.4 Å². The third-order valence-electron chi connectivity index (χ3n) is 3.60. The number of hydrogen-bond donors (Lipinski definition) is 1. The Bertz CT molecular complexity index is 805. The highest BCUT2D eigenvalue weighted by Crippen LogP contribution is 2.25. The number of nitrogens with two attached hydrogens (primary N) is 1. The van der Waals surface area contributed by atoms with E-state index in [4.69, 9.17) is 5.73 Å². The number of halogens is 1. The van der Waals surface area contributed by atoms with Crippen LogP contribution in [-0.4, -0.2) is 22.6 Å². The molecule has 0 spiro atoms. The van der Waals surface area contributed by atoms with E-state index in [1.807, 2.05) is 0 Å². The molecule has 0 saturated heterocycles. The first-order chi connectivity index (χ1) is 10.8. The molecule has 1 aromatic carbocycles. The van der Waals surface area contributed by atoms with E-state index in [0.29, 0.717) is 22.4 Å². The van der Waals surface area contributed by atoms with Gasteiger partial charge in [-0.3, -0.25) is 9.36 Å². The number of carbonyl (C=O) groups excluding carboxylic acids is 1. The van der Waals surface area contributed by atoms with Crippen molar-refractivity contribution in [3.63, 3.8) is 0 Å². The lowest BCUT2D eigenvalue weighted by Gasteiger charge is -2.16. The second kappa shape index (κ2) is 6.20. The lowest BCUT2D eigenvalue weighted by atomic mass is 10.0. The summed E-state index contributed by atoms with van der Waals surface area (Å²) in [6.45, 7) is 4.96. The van der Waals surface area contributed by atoms with Crippen molar-refractivity contribution in [3.05, 3.63) is 51.1 Å². The van der Waals surface area contributed by atoms with E-state index >= 15 is 0 Å². The third-order valence-corrected chi connectivity index (χ3v) is 3.60. The molecule has 0 saturated carbocycles. The number of anilines is 1. The van der Waals surface area contributed by atoms with Crippen molar-refractivity contribution in [2.24, 2.45) is 0 Å². The van der Waals surface area contributed by atoms with Crippen molar-refractivity contribution in [2.45, 2.75) is 26.9 Å². The van der Waals surface area contributed by atoms with Crippen LogP contribution in [0.4, 0.5) is 10.2 Å². The maximum absolute atomic E-state index is 13.5. The maximum Gasteiger partial charge on any atom is 0.347 e. The summed E-state index contributed by atoms with van der Waals surface area (Å²) in [5.41, 5.74) is 7.10. The number of rotatable bonds is 3. The van der Waals surface area contributed by atoms with Gasteiger partial charge >= 0.3 is 5.97 Å². The summed E-state index contributed by atoms with van der Waals surface area (Å²) in [6, 6.07) is 3.32. The number of nitrogens with zero attached hydrogens (tertiary/aromatic N) is 2. The number of alkyl halides is 1. The Kier molecular flexibility index (Phi) is 4.49. The van der Waals surface area contributed by atoms with E-state index in [9.17, 15) is 14.0 Å². The first-order valence-electron chi connectivity index (χ1n) is 6.99. The number of ether oxygens (including phenoxy) is 1. The average Bonchev–Trinajstić information content (AvgIpc) is 2.48. The first-order valence-corrected chi connectivity index (χ1v) is 6.99. The van der Waals surface area contributed by atoms with Crippen molar-refractivity contribution in [1.82, 2.24) is 9.55 Å². The number of esters is 1. The van der Waals surface area contributed by atoms with Gasteiger partial charge in [-0.2, -0.15) is 0 Å². The van der Waals surface area contributed by atoms with E-state index < -0.39 is 17.7 Å². The maximum atomic E-state index is 13.5. The zero-order chi connectivity index (χ0) is 17.3. The zero-order valence-electron chi connectivity index (χ0n) is 13.4. The van der Waals surface area contributed by atoms with Crippen molar-refractivity contribution in [1.29, 1.82) is 0 Å². The van der Waals surface area contributed by atoms with Gasteiger partial charge in [0.15, 0.2) is 5.56 Å². The highest BCUT2D eigenvalue weighted by Gasteiger charge is 2.20. The van der Waals surface area contributed by atoms with Gasteiger partial charge in [-0.1, -0.05) is 12.1 Å². The topological polar surface area (TPSA) is 87.2 Å². The van der Waals surface area contributed by atoms with Crippen molar-refractivity contribution < 1.29 is 13.9 Å². The van der Waals surface area contributed by atoms with Gasteiger partial charge < -0.3 is 10.5 Å². The third kappa shape index (κ3) is 2.94. The fourth-order valence-electron chi connectivity index (χ4n) is 2.52. The number of aryl methyl sites for hydroxylation is 2. The summed E-state index contributed by atoms with van der Waals surface area (Å²) in [6.07, 6.45) is 0.131. The van der Waals surface area contributed by atoms with E-state index in [1.165, 1.54) is 17.8 Å². The van der Waals surface area contributed by atoms with Gasteiger partial charge in [0.25, 0.3) is 5.56 Å². The Morgan fingerprint density at radius 3 is 2.39 bits per heavy atom. The molecule has 6 nitrogen and oxygen atoms in total. The van der Waals surface area contributed by atoms with Crippen molar-refractivity contribution >= 4 is 11.8 Å². The smallest absolute Gasteiger partial charge is 0.347 e. The largest absolute Gasteiger partial charge is 0.465 e. The summed E-state index contributed by atoms with van der Waals surface area (Å²) in [5.74, 6) is -1.04. The lowest BCUT2D eigenvalue weighted by molar-refractivity contribution is 0.0599. The number of nitrogen functional groups attached to an aromatic ring is 1.